The highest BCUT2D eigenvalue weighted by atomic mass is 16.3. The number of aliphatic hydroxyl groups is 1. The van der Waals surface area contributed by atoms with Gasteiger partial charge in [-0.1, -0.05) is 19.8 Å². The summed E-state index contributed by atoms with van der Waals surface area (Å²) in [6.07, 6.45) is 8.29. The van der Waals surface area contributed by atoms with E-state index >= 15 is 0 Å². The van der Waals surface area contributed by atoms with Gasteiger partial charge in [0.15, 0.2) is 0 Å². The predicted molar refractivity (Wildman–Crippen MR) is 65.2 cm³/mol. The lowest BCUT2D eigenvalue weighted by Crippen LogP contribution is -2.44. The lowest BCUT2D eigenvalue weighted by atomic mass is 9.91. The van der Waals surface area contributed by atoms with E-state index in [0.717, 1.165) is 45.1 Å². The number of aliphatic hydroxyl groups excluding tert-OH is 1. The zero-order valence-electron chi connectivity index (χ0n) is 10.5. The average Bonchev–Trinajstić information content (AvgIpc) is 2.21. The molecule has 0 aromatic heterocycles. The molecule has 0 unspecified atom stereocenters. The minimum absolute atomic E-state index is 0.186. The van der Waals surface area contributed by atoms with Crippen molar-refractivity contribution in [3.05, 3.63) is 0 Å². The number of hydrogen-bond donors (Lipinski definition) is 1. The van der Waals surface area contributed by atoms with Gasteiger partial charge in [0.05, 0.1) is 0 Å². The predicted octanol–water partition coefficient (Wildman–Crippen LogP) is 2.33. The van der Waals surface area contributed by atoms with Crippen LogP contribution >= 0.6 is 0 Å². The smallest absolute Gasteiger partial charge is 0.222 e. The number of carbonyl (C=O) groups excluding carboxylic acids is 1. The van der Waals surface area contributed by atoms with Gasteiger partial charge in [-0.05, 0) is 32.1 Å². The van der Waals surface area contributed by atoms with Crippen LogP contribution in [0.3, 0.4) is 0 Å². The summed E-state index contributed by atoms with van der Waals surface area (Å²) in [5.74, 6) is 0.298. The average molecular weight is 227 g/mol. The number of rotatable bonds is 8. The fourth-order valence-corrected chi connectivity index (χ4v) is 2.12. The molecule has 0 heterocycles. The first-order valence-corrected chi connectivity index (χ1v) is 6.70. The number of amides is 1. The van der Waals surface area contributed by atoms with Crippen molar-refractivity contribution in [2.24, 2.45) is 0 Å². The third-order valence-corrected chi connectivity index (χ3v) is 3.39. The molecule has 1 fully saturated rings. The molecule has 1 saturated carbocycles. The molecule has 0 bridgehead atoms. The van der Waals surface area contributed by atoms with Gasteiger partial charge in [0.1, 0.15) is 0 Å². The van der Waals surface area contributed by atoms with Gasteiger partial charge in [0.25, 0.3) is 0 Å². The van der Waals surface area contributed by atoms with Crippen molar-refractivity contribution in [3.8, 4) is 0 Å². The molecule has 0 saturated heterocycles. The van der Waals surface area contributed by atoms with Crippen LogP contribution in [-0.4, -0.2) is 35.1 Å². The lowest BCUT2D eigenvalue weighted by molar-refractivity contribution is -0.135. The SMILES string of the molecule is CCCCCC(=O)N(CCCO)C1CCC1. The third-order valence-electron chi connectivity index (χ3n) is 3.39. The molecule has 0 spiro atoms. The first-order valence-electron chi connectivity index (χ1n) is 6.70. The molecule has 0 radical (unpaired) electrons. The van der Waals surface area contributed by atoms with Crippen molar-refractivity contribution in [1.82, 2.24) is 4.90 Å². The van der Waals surface area contributed by atoms with Crippen molar-refractivity contribution >= 4 is 5.91 Å². The van der Waals surface area contributed by atoms with Gasteiger partial charge in [-0.2, -0.15) is 0 Å². The second-order valence-electron chi connectivity index (χ2n) is 4.71. The largest absolute Gasteiger partial charge is 0.396 e. The zero-order valence-corrected chi connectivity index (χ0v) is 10.5. The number of hydrogen-bond acceptors (Lipinski definition) is 2. The van der Waals surface area contributed by atoms with E-state index in [1.807, 2.05) is 4.90 Å². The molecule has 0 aromatic carbocycles. The third kappa shape index (κ3) is 4.12. The van der Waals surface area contributed by atoms with Gasteiger partial charge in [-0.15, -0.1) is 0 Å². The minimum Gasteiger partial charge on any atom is -0.396 e. The number of carbonyl (C=O) groups is 1. The summed E-state index contributed by atoms with van der Waals surface area (Å²) in [5.41, 5.74) is 0. The summed E-state index contributed by atoms with van der Waals surface area (Å²) in [6, 6.07) is 0.473. The van der Waals surface area contributed by atoms with Crippen molar-refractivity contribution < 1.29 is 9.90 Å². The highest BCUT2D eigenvalue weighted by Crippen LogP contribution is 2.25. The highest BCUT2D eigenvalue weighted by molar-refractivity contribution is 5.76. The molecule has 1 aliphatic carbocycles. The summed E-state index contributed by atoms with van der Waals surface area (Å²) in [6.45, 7) is 3.08. The van der Waals surface area contributed by atoms with Crippen LogP contribution in [0.1, 0.15) is 58.3 Å². The molecular weight excluding hydrogens is 202 g/mol. The Morgan fingerprint density at radius 1 is 1.31 bits per heavy atom. The van der Waals surface area contributed by atoms with Crippen LogP contribution in [0.15, 0.2) is 0 Å². The van der Waals surface area contributed by atoms with E-state index in [-0.39, 0.29) is 6.61 Å². The van der Waals surface area contributed by atoms with Crippen molar-refractivity contribution in [2.75, 3.05) is 13.2 Å². The molecule has 1 amide bonds. The minimum atomic E-state index is 0.186. The van der Waals surface area contributed by atoms with E-state index in [0.29, 0.717) is 18.4 Å². The van der Waals surface area contributed by atoms with Gasteiger partial charge >= 0.3 is 0 Å². The maximum absolute atomic E-state index is 12.0. The Kier molecular flexibility index (Phi) is 6.46. The molecule has 1 aliphatic rings. The quantitative estimate of drug-likeness (QED) is 0.647. The standard InChI is InChI=1S/C13H25NO2/c1-2-3-4-9-13(16)14(10-6-11-15)12-7-5-8-12/h12,15H,2-11H2,1H3. The van der Waals surface area contributed by atoms with E-state index in [2.05, 4.69) is 6.92 Å². The van der Waals surface area contributed by atoms with E-state index in [1.54, 1.807) is 0 Å². The van der Waals surface area contributed by atoms with Gasteiger partial charge in [0.2, 0.25) is 5.91 Å². The Morgan fingerprint density at radius 3 is 2.56 bits per heavy atom. The van der Waals surface area contributed by atoms with E-state index < -0.39 is 0 Å². The van der Waals surface area contributed by atoms with E-state index in [9.17, 15) is 4.79 Å². The maximum Gasteiger partial charge on any atom is 0.222 e. The van der Waals surface area contributed by atoms with Crippen LogP contribution < -0.4 is 0 Å². The molecule has 1 rings (SSSR count). The molecule has 0 aliphatic heterocycles. The molecule has 0 aromatic rings. The Morgan fingerprint density at radius 2 is 2.06 bits per heavy atom. The molecule has 3 nitrogen and oxygen atoms in total. The Hall–Kier alpha value is -0.570. The van der Waals surface area contributed by atoms with Crippen LogP contribution in [0.4, 0.5) is 0 Å². The van der Waals surface area contributed by atoms with E-state index in [4.69, 9.17) is 5.11 Å². The Bertz CT molecular complexity index is 202. The molecular formula is C13H25NO2. The first-order chi connectivity index (χ1) is 7.79. The normalized spacial score (nSPS) is 15.9. The molecule has 16 heavy (non-hydrogen) atoms. The zero-order chi connectivity index (χ0) is 11.8. The number of nitrogens with zero attached hydrogens (tertiary/aromatic N) is 1. The van der Waals surface area contributed by atoms with Crippen LogP contribution in [-0.2, 0) is 4.79 Å². The molecule has 1 N–H and O–H groups in total. The first kappa shape index (κ1) is 13.5. The molecule has 0 atom stereocenters. The topological polar surface area (TPSA) is 40.5 Å². The highest BCUT2D eigenvalue weighted by Gasteiger charge is 2.27. The van der Waals surface area contributed by atoms with Crippen molar-refractivity contribution in [3.63, 3.8) is 0 Å². The fourth-order valence-electron chi connectivity index (χ4n) is 2.12. The van der Waals surface area contributed by atoms with Gasteiger partial charge < -0.3 is 10.0 Å². The Balaban J connectivity index is 2.31. The lowest BCUT2D eigenvalue weighted by Gasteiger charge is -2.37. The van der Waals surface area contributed by atoms with Crippen LogP contribution in [0.25, 0.3) is 0 Å². The summed E-state index contributed by atoms with van der Waals surface area (Å²) < 4.78 is 0. The van der Waals surface area contributed by atoms with E-state index in [1.165, 1.54) is 6.42 Å². The Labute approximate surface area is 98.8 Å². The molecule has 3 heteroatoms. The summed E-state index contributed by atoms with van der Waals surface area (Å²) in [5, 5.41) is 8.85. The van der Waals surface area contributed by atoms with Gasteiger partial charge in [0, 0.05) is 25.6 Å². The fraction of sp³-hybridized carbons (Fsp3) is 0.923. The summed E-state index contributed by atoms with van der Waals surface area (Å²) >= 11 is 0. The van der Waals surface area contributed by atoms with Crippen LogP contribution in [0, 0.1) is 0 Å². The second-order valence-corrected chi connectivity index (χ2v) is 4.71. The van der Waals surface area contributed by atoms with Gasteiger partial charge in [-0.3, -0.25) is 4.79 Å². The van der Waals surface area contributed by atoms with Crippen LogP contribution in [0.5, 0.6) is 0 Å². The monoisotopic (exact) mass is 227 g/mol. The second kappa shape index (κ2) is 7.66. The maximum atomic E-state index is 12.0. The summed E-state index contributed by atoms with van der Waals surface area (Å²) in [7, 11) is 0. The van der Waals surface area contributed by atoms with Crippen molar-refractivity contribution in [2.45, 2.75) is 64.3 Å². The molecule has 94 valence electrons. The number of unbranched alkanes of at least 4 members (excludes halogenated alkanes) is 2. The van der Waals surface area contributed by atoms with Gasteiger partial charge in [-0.25, -0.2) is 0 Å². The summed E-state index contributed by atoms with van der Waals surface area (Å²) in [4.78, 5) is 14.0. The van der Waals surface area contributed by atoms with Crippen LogP contribution in [0.2, 0.25) is 0 Å². The van der Waals surface area contributed by atoms with Crippen molar-refractivity contribution in [1.29, 1.82) is 0 Å².